The van der Waals surface area contributed by atoms with Gasteiger partial charge in [-0.3, -0.25) is 4.79 Å². The average Bonchev–Trinajstić information content (AvgIpc) is 3.20. The first-order valence-electron chi connectivity index (χ1n) is 8.22. The van der Waals surface area contributed by atoms with Crippen molar-refractivity contribution in [1.82, 2.24) is 15.1 Å². The molecule has 3 amide bonds. The molecule has 1 aliphatic heterocycles. The van der Waals surface area contributed by atoms with Crippen LogP contribution in [-0.2, 0) is 6.54 Å². The summed E-state index contributed by atoms with van der Waals surface area (Å²) in [7, 11) is 0. The first-order chi connectivity index (χ1) is 12.5. The van der Waals surface area contributed by atoms with Crippen LogP contribution >= 0.6 is 0 Å². The zero-order chi connectivity index (χ0) is 18.5. The third-order valence-corrected chi connectivity index (χ3v) is 4.23. The molecule has 1 aromatic carbocycles. The third kappa shape index (κ3) is 4.02. The smallest absolute Gasteiger partial charge is 0.335 e. The van der Waals surface area contributed by atoms with Crippen molar-refractivity contribution in [2.75, 3.05) is 26.2 Å². The van der Waals surface area contributed by atoms with Crippen molar-refractivity contribution in [1.29, 1.82) is 0 Å². The number of rotatable bonds is 4. The minimum atomic E-state index is -0.984. The van der Waals surface area contributed by atoms with Crippen LogP contribution in [0.3, 0.4) is 0 Å². The highest BCUT2D eigenvalue weighted by Gasteiger charge is 2.25. The zero-order valence-electron chi connectivity index (χ0n) is 14.1. The van der Waals surface area contributed by atoms with Crippen LogP contribution in [-0.4, -0.2) is 59.0 Å². The second-order valence-electron chi connectivity index (χ2n) is 5.92. The van der Waals surface area contributed by atoms with Crippen LogP contribution in [0.25, 0.3) is 0 Å². The van der Waals surface area contributed by atoms with Crippen molar-refractivity contribution in [3.63, 3.8) is 0 Å². The number of hydrogen-bond acceptors (Lipinski definition) is 4. The summed E-state index contributed by atoms with van der Waals surface area (Å²) in [5, 5.41) is 11.7. The maximum Gasteiger partial charge on any atom is 0.335 e. The van der Waals surface area contributed by atoms with Gasteiger partial charge in [0.25, 0.3) is 5.91 Å². The molecule has 0 bridgehead atoms. The third-order valence-electron chi connectivity index (χ3n) is 4.23. The number of hydrogen-bond donors (Lipinski definition) is 2. The fourth-order valence-corrected chi connectivity index (χ4v) is 2.72. The Morgan fingerprint density at radius 2 is 1.65 bits per heavy atom. The van der Waals surface area contributed by atoms with Crippen LogP contribution in [0.5, 0.6) is 0 Å². The van der Waals surface area contributed by atoms with Gasteiger partial charge in [-0.1, -0.05) is 12.1 Å². The molecule has 3 rings (SSSR count). The predicted molar refractivity (Wildman–Crippen MR) is 91.8 cm³/mol. The number of aromatic carboxylic acids is 1. The number of urea groups is 1. The molecule has 1 saturated heterocycles. The van der Waals surface area contributed by atoms with Gasteiger partial charge in [0.15, 0.2) is 5.76 Å². The van der Waals surface area contributed by atoms with Gasteiger partial charge in [0.1, 0.15) is 0 Å². The summed E-state index contributed by atoms with van der Waals surface area (Å²) in [5.41, 5.74) is 1.02. The number of nitrogens with one attached hydrogen (secondary N) is 1. The molecule has 0 spiro atoms. The monoisotopic (exact) mass is 357 g/mol. The molecule has 8 nitrogen and oxygen atoms in total. The minimum Gasteiger partial charge on any atom is -0.478 e. The van der Waals surface area contributed by atoms with E-state index >= 15 is 0 Å². The van der Waals surface area contributed by atoms with E-state index in [0.29, 0.717) is 38.5 Å². The minimum absolute atomic E-state index is 0.173. The molecule has 0 aliphatic carbocycles. The average molecular weight is 357 g/mol. The maximum atomic E-state index is 12.3. The Morgan fingerprint density at radius 3 is 2.23 bits per heavy atom. The Balaban J connectivity index is 1.46. The van der Waals surface area contributed by atoms with Gasteiger partial charge in [-0.2, -0.15) is 0 Å². The molecule has 1 aromatic heterocycles. The summed E-state index contributed by atoms with van der Waals surface area (Å²) in [5.74, 6) is -0.858. The summed E-state index contributed by atoms with van der Waals surface area (Å²) in [4.78, 5) is 38.6. The van der Waals surface area contributed by atoms with E-state index in [2.05, 4.69) is 5.32 Å². The van der Waals surface area contributed by atoms with Gasteiger partial charge in [0, 0.05) is 32.7 Å². The molecule has 0 radical (unpaired) electrons. The first kappa shape index (κ1) is 17.5. The lowest BCUT2D eigenvalue weighted by molar-refractivity contribution is 0.0633. The van der Waals surface area contributed by atoms with E-state index in [4.69, 9.17) is 9.52 Å². The topological polar surface area (TPSA) is 103 Å². The number of benzene rings is 1. The SMILES string of the molecule is O=C(O)c1ccc(CNC(=O)N2CCN(C(=O)c3ccco3)CC2)cc1. The Kier molecular flexibility index (Phi) is 5.21. The zero-order valence-corrected chi connectivity index (χ0v) is 14.1. The lowest BCUT2D eigenvalue weighted by Crippen LogP contribution is -2.53. The second-order valence-corrected chi connectivity index (χ2v) is 5.92. The standard InChI is InChI=1S/C18H19N3O5/c22-16(15-2-1-11-26-15)20-7-9-21(10-8-20)18(25)19-12-13-3-5-14(6-4-13)17(23)24/h1-6,11H,7-10,12H2,(H,19,25)(H,23,24). The molecule has 0 atom stereocenters. The number of amides is 3. The fraction of sp³-hybridized carbons (Fsp3) is 0.278. The maximum absolute atomic E-state index is 12.3. The Bertz CT molecular complexity index is 778. The summed E-state index contributed by atoms with van der Waals surface area (Å²) >= 11 is 0. The Labute approximate surface area is 150 Å². The van der Waals surface area contributed by atoms with Gasteiger partial charge in [-0.25, -0.2) is 9.59 Å². The summed E-state index contributed by atoms with van der Waals surface area (Å²) < 4.78 is 5.11. The Hall–Kier alpha value is -3.29. The van der Waals surface area contributed by atoms with Crippen LogP contribution in [0.15, 0.2) is 47.1 Å². The molecular weight excluding hydrogens is 338 g/mol. The van der Waals surface area contributed by atoms with Crippen molar-refractivity contribution in [2.45, 2.75) is 6.54 Å². The predicted octanol–water partition coefficient (Wildman–Crippen LogP) is 1.65. The molecule has 26 heavy (non-hydrogen) atoms. The molecule has 0 saturated carbocycles. The van der Waals surface area contributed by atoms with Gasteiger partial charge < -0.3 is 24.6 Å². The van der Waals surface area contributed by atoms with Crippen molar-refractivity contribution in [2.24, 2.45) is 0 Å². The molecule has 1 aliphatic rings. The van der Waals surface area contributed by atoms with Crippen LogP contribution in [0, 0.1) is 0 Å². The summed E-state index contributed by atoms with van der Waals surface area (Å²) in [6.07, 6.45) is 1.46. The number of piperazine rings is 1. The number of nitrogens with zero attached hydrogens (tertiary/aromatic N) is 2. The number of carbonyl (C=O) groups excluding carboxylic acids is 2. The largest absolute Gasteiger partial charge is 0.478 e. The summed E-state index contributed by atoms with van der Waals surface area (Å²) in [6, 6.07) is 9.42. The van der Waals surface area contributed by atoms with E-state index in [0.717, 1.165) is 5.56 Å². The van der Waals surface area contributed by atoms with Crippen LogP contribution in [0.1, 0.15) is 26.5 Å². The highest BCUT2D eigenvalue weighted by atomic mass is 16.4. The molecule has 1 fully saturated rings. The highest BCUT2D eigenvalue weighted by Crippen LogP contribution is 2.10. The van der Waals surface area contributed by atoms with Crippen molar-refractivity contribution < 1.29 is 23.9 Å². The van der Waals surface area contributed by atoms with Gasteiger partial charge in [0.2, 0.25) is 0 Å². The van der Waals surface area contributed by atoms with E-state index in [-0.39, 0.29) is 17.5 Å². The van der Waals surface area contributed by atoms with Crippen LogP contribution < -0.4 is 5.32 Å². The van der Waals surface area contributed by atoms with E-state index < -0.39 is 5.97 Å². The molecule has 0 unspecified atom stereocenters. The quantitative estimate of drug-likeness (QED) is 0.866. The lowest BCUT2D eigenvalue weighted by atomic mass is 10.1. The van der Waals surface area contributed by atoms with E-state index in [1.165, 1.54) is 18.4 Å². The van der Waals surface area contributed by atoms with E-state index in [1.807, 2.05) is 0 Å². The number of carbonyl (C=O) groups is 3. The van der Waals surface area contributed by atoms with Crippen molar-refractivity contribution in [3.8, 4) is 0 Å². The van der Waals surface area contributed by atoms with Crippen molar-refractivity contribution >= 4 is 17.9 Å². The molecule has 2 heterocycles. The molecule has 136 valence electrons. The molecule has 2 N–H and O–H groups in total. The second kappa shape index (κ2) is 7.73. The van der Waals surface area contributed by atoms with Crippen LogP contribution in [0.4, 0.5) is 4.79 Å². The molecular formula is C18H19N3O5. The van der Waals surface area contributed by atoms with Gasteiger partial charge in [-0.15, -0.1) is 0 Å². The fourth-order valence-electron chi connectivity index (χ4n) is 2.72. The number of furan rings is 1. The van der Waals surface area contributed by atoms with Crippen molar-refractivity contribution in [3.05, 3.63) is 59.5 Å². The summed E-state index contributed by atoms with van der Waals surface area (Å²) in [6.45, 7) is 2.08. The van der Waals surface area contributed by atoms with E-state index in [1.54, 1.807) is 34.1 Å². The first-order valence-corrected chi connectivity index (χ1v) is 8.22. The normalized spacial score (nSPS) is 14.2. The van der Waals surface area contributed by atoms with Gasteiger partial charge in [0.05, 0.1) is 11.8 Å². The highest BCUT2D eigenvalue weighted by molar-refractivity contribution is 5.91. The molecule has 2 aromatic rings. The van der Waals surface area contributed by atoms with Gasteiger partial charge >= 0.3 is 12.0 Å². The van der Waals surface area contributed by atoms with Crippen LogP contribution in [0.2, 0.25) is 0 Å². The Morgan fingerprint density at radius 1 is 1.00 bits per heavy atom. The van der Waals surface area contributed by atoms with Gasteiger partial charge in [-0.05, 0) is 29.8 Å². The molecule has 8 heteroatoms. The number of carboxylic acids is 1. The number of carboxylic acid groups (broad SMARTS) is 1. The lowest BCUT2D eigenvalue weighted by Gasteiger charge is -2.34. The van der Waals surface area contributed by atoms with E-state index in [9.17, 15) is 14.4 Å².